The number of sulfonamides is 1. The normalized spacial score (nSPS) is 11.2. The number of rotatable bonds is 4. The molecular formula is C12H9BrF2N2O3S. The van der Waals surface area contributed by atoms with Crippen molar-refractivity contribution in [1.82, 2.24) is 4.98 Å². The van der Waals surface area contributed by atoms with Gasteiger partial charge in [-0.25, -0.2) is 22.2 Å². The third-order valence-corrected chi connectivity index (χ3v) is 4.60. The van der Waals surface area contributed by atoms with Gasteiger partial charge in [0.1, 0.15) is 10.7 Å². The average Bonchev–Trinajstić information content (AvgIpc) is 2.48. The Bertz CT molecular complexity index is 784. The van der Waals surface area contributed by atoms with E-state index in [1.807, 2.05) is 4.72 Å². The predicted molar refractivity (Wildman–Crippen MR) is 75.7 cm³/mol. The summed E-state index contributed by atoms with van der Waals surface area (Å²) in [5, 5.41) is 0. The summed E-state index contributed by atoms with van der Waals surface area (Å²) in [5.74, 6) is -2.03. The van der Waals surface area contributed by atoms with Crippen LogP contribution in [0.5, 0.6) is 5.88 Å². The van der Waals surface area contributed by atoms with Crippen LogP contribution in [-0.2, 0) is 10.0 Å². The molecule has 1 aromatic carbocycles. The van der Waals surface area contributed by atoms with Crippen LogP contribution in [0.25, 0.3) is 0 Å². The Labute approximate surface area is 128 Å². The van der Waals surface area contributed by atoms with Crippen LogP contribution < -0.4 is 9.46 Å². The smallest absolute Gasteiger partial charge is 0.267 e. The van der Waals surface area contributed by atoms with E-state index >= 15 is 0 Å². The fourth-order valence-electron chi connectivity index (χ4n) is 1.54. The van der Waals surface area contributed by atoms with E-state index in [1.165, 1.54) is 25.4 Å². The first kappa shape index (κ1) is 15.6. The van der Waals surface area contributed by atoms with E-state index in [4.69, 9.17) is 4.74 Å². The van der Waals surface area contributed by atoms with Crippen molar-refractivity contribution in [2.45, 2.75) is 4.90 Å². The summed E-state index contributed by atoms with van der Waals surface area (Å²) in [5.41, 5.74) is -0.394. The fourth-order valence-corrected chi connectivity index (χ4v) is 3.06. The van der Waals surface area contributed by atoms with Gasteiger partial charge in [-0.15, -0.1) is 0 Å². The van der Waals surface area contributed by atoms with E-state index in [0.29, 0.717) is 0 Å². The summed E-state index contributed by atoms with van der Waals surface area (Å²) in [4.78, 5) is 3.50. The van der Waals surface area contributed by atoms with Crippen LogP contribution in [0.1, 0.15) is 0 Å². The summed E-state index contributed by atoms with van der Waals surface area (Å²) < 4.78 is 57.8. The number of aromatic nitrogens is 1. The molecule has 0 fully saturated rings. The number of hydrogen-bond donors (Lipinski definition) is 1. The second-order valence-electron chi connectivity index (χ2n) is 3.84. The molecule has 1 aromatic heterocycles. The zero-order valence-electron chi connectivity index (χ0n) is 10.6. The monoisotopic (exact) mass is 378 g/mol. The minimum absolute atomic E-state index is 0.133. The van der Waals surface area contributed by atoms with E-state index < -0.39 is 31.8 Å². The fraction of sp³-hybridized carbons (Fsp3) is 0.0833. The first-order valence-electron chi connectivity index (χ1n) is 5.52. The van der Waals surface area contributed by atoms with Gasteiger partial charge in [0.25, 0.3) is 10.0 Å². The van der Waals surface area contributed by atoms with Gasteiger partial charge in [0.15, 0.2) is 5.82 Å². The minimum atomic E-state index is -4.13. The number of nitrogens with one attached hydrogen (secondary N) is 1. The molecule has 0 amide bonds. The van der Waals surface area contributed by atoms with Gasteiger partial charge in [0.05, 0.1) is 17.3 Å². The third kappa shape index (κ3) is 3.13. The first-order valence-corrected chi connectivity index (χ1v) is 7.79. The molecular weight excluding hydrogens is 370 g/mol. The van der Waals surface area contributed by atoms with Crippen molar-refractivity contribution in [1.29, 1.82) is 0 Å². The minimum Gasteiger partial charge on any atom is -0.480 e. The van der Waals surface area contributed by atoms with Crippen LogP contribution in [-0.4, -0.2) is 20.5 Å². The number of nitrogens with zero attached hydrogens (tertiary/aromatic N) is 1. The van der Waals surface area contributed by atoms with Crippen LogP contribution in [0, 0.1) is 11.6 Å². The van der Waals surface area contributed by atoms with Gasteiger partial charge in [0.2, 0.25) is 5.88 Å². The Morgan fingerprint density at radius 3 is 2.67 bits per heavy atom. The zero-order chi connectivity index (χ0) is 15.6. The molecule has 1 heterocycles. The van der Waals surface area contributed by atoms with Gasteiger partial charge >= 0.3 is 0 Å². The maximum Gasteiger partial charge on any atom is 0.267 e. The topological polar surface area (TPSA) is 68.3 Å². The maximum absolute atomic E-state index is 13.8. The summed E-state index contributed by atoms with van der Waals surface area (Å²) in [6.07, 6.45) is 1.35. The van der Waals surface area contributed by atoms with Crippen molar-refractivity contribution < 1.29 is 21.9 Å². The third-order valence-electron chi connectivity index (χ3n) is 2.50. The Kier molecular flexibility index (Phi) is 4.43. The number of pyridine rings is 1. The Morgan fingerprint density at radius 1 is 1.29 bits per heavy atom. The van der Waals surface area contributed by atoms with E-state index in [1.54, 1.807) is 0 Å². The maximum atomic E-state index is 13.8. The highest BCUT2D eigenvalue weighted by atomic mass is 79.9. The number of ether oxygens (including phenoxy) is 1. The molecule has 0 aliphatic rings. The van der Waals surface area contributed by atoms with Crippen LogP contribution in [0.3, 0.4) is 0 Å². The largest absolute Gasteiger partial charge is 0.480 e. The zero-order valence-corrected chi connectivity index (χ0v) is 13.0. The van der Waals surface area contributed by atoms with Crippen molar-refractivity contribution in [2.24, 2.45) is 0 Å². The SMILES string of the molecule is COc1ncccc1S(=O)(=O)Nc1ccc(F)c(Br)c1F. The summed E-state index contributed by atoms with van der Waals surface area (Å²) in [6.45, 7) is 0. The van der Waals surface area contributed by atoms with E-state index in [9.17, 15) is 17.2 Å². The van der Waals surface area contributed by atoms with Gasteiger partial charge in [-0.1, -0.05) is 0 Å². The number of halogens is 3. The average molecular weight is 379 g/mol. The highest BCUT2D eigenvalue weighted by molar-refractivity contribution is 9.10. The molecule has 2 rings (SSSR count). The van der Waals surface area contributed by atoms with Crippen LogP contribution in [0.4, 0.5) is 14.5 Å². The van der Waals surface area contributed by atoms with Crippen molar-refractivity contribution in [2.75, 3.05) is 11.8 Å². The molecule has 0 spiro atoms. The van der Waals surface area contributed by atoms with Crippen molar-refractivity contribution >= 4 is 31.6 Å². The van der Waals surface area contributed by atoms with Crippen molar-refractivity contribution in [3.05, 3.63) is 46.6 Å². The number of benzene rings is 1. The number of anilines is 1. The second kappa shape index (κ2) is 5.94. The molecule has 5 nitrogen and oxygen atoms in total. The van der Waals surface area contributed by atoms with Crippen molar-refractivity contribution in [3.8, 4) is 5.88 Å². The Morgan fingerprint density at radius 2 is 2.00 bits per heavy atom. The molecule has 9 heteroatoms. The second-order valence-corrected chi connectivity index (χ2v) is 6.28. The quantitative estimate of drug-likeness (QED) is 0.830. The predicted octanol–water partition coefficient (Wildman–Crippen LogP) is 2.93. The lowest BCUT2D eigenvalue weighted by Gasteiger charge is -2.11. The van der Waals surface area contributed by atoms with Crippen LogP contribution in [0.2, 0.25) is 0 Å². The first-order chi connectivity index (χ1) is 9.86. The van der Waals surface area contributed by atoms with Gasteiger partial charge in [-0.3, -0.25) is 4.72 Å². The lowest BCUT2D eigenvalue weighted by atomic mass is 10.3. The molecule has 21 heavy (non-hydrogen) atoms. The van der Waals surface area contributed by atoms with Gasteiger partial charge < -0.3 is 4.74 Å². The standard InChI is InChI=1S/C12H9BrF2N2O3S/c1-20-12-9(3-2-6-16-12)21(18,19)17-8-5-4-7(14)10(13)11(8)15/h2-6,17H,1H3. The molecule has 0 aliphatic heterocycles. The molecule has 2 aromatic rings. The molecule has 0 unspecified atom stereocenters. The molecule has 112 valence electrons. The van der Waals surface area contributed by atoms with E-state index in [0.717, 1.165) is 12.1 Å². The Balaban J connectivity index is 2.45. The van der Waals surface area contributed by atoms with E-state index in [2.05, 4.69) is 20.9 Å². The van der Waals surface area contributed by atoms with Crippen molar-refractivity contribution in [3.63, 3.8) is 0 Å². The molecule has 1 N–H and O–H groups in total. The van der Waals surface area contributed by atoms with Gasteiger partial charge in [0, 0.05) is 6.20 Å². The number of methoxy groups -OCH3 is 1. The highest BCUT2D eigenvalue weighted by Gasteiger charge is 2.22. The highest BCUT2D eigenvalue weighted by Crippen LogP contribution is 2.29. The summed E-state index contributed by atoms with van der Waals surface area (Å²) in [7, 11) is -2.87. The lowest BCUT2D eigenvalue weighted by Crippen LogP contribution is -2.15. The molecule has 0 saturated carbocycles. The molecule has 0 aliphatic carbocycles. The van der Waals surface area contributed by atoms with E-state index in [-0.39, 0.29) is 10.8 Å². The number of hydrogen-bond acceptors (Lipinski definition) is 4. The summed E-state index contributed by atoms with van der Waals surface area (Å²) >= 11 is 2.70. The molecule has 0 saturated heterocycles. The van der Waals surface area contributed by atoms with Gasteiger partial charge in [-0.2, -0.15) is 0 Å². The van der Waals surface area contributed by atoms with Crippen LogP contribution >= 0.6 is 15.9 Å². The van der Waals surface area contributed by atoms with Crippen LogP contribution in [0.15, 0.2) is 39.8 Å². The molecule has 0 bridgehead atoms. The van der Waals surface area contributed by atoms with Gasteiger partial charge in [-0.05, 0) is 40.2 Å². The summed E-state index contributed by atoms with van der Waals surface area (Å²) in [6, 6.07) is 4.57. The molecule has 0 radical (unpaired) electrons. The molecule has 0 atom stereocenters. The lowest BCUT2D eigenvalue weighted by molar-refractivity contribution is 0.385. The Hall–Kier alpha value is -1.74.